The van der Waals surface area contributed by atoms with E-state index in [9.17, 15) is 4.39 Å². The van der Waals surface area contributed by atoms with E-state index in [0.29, 0.717) is 11.8 Å². The van der Waals surface area contributed by atoms with Crippen LogP contribution in [0.3, 0.4) is 0 Å². The summed E-state index contributed by atoms with van der Waals surface area (Å²) in [6.45, 7) is 3.98. The smallest absolute Gasteiger partial charge is 0.126 e. The first-order chi connectivity index (χ1) is 10.2. The molecule has 2 aromatic rings. The zero-order chi connectivity index (χ0) is 14.7. The summed E-state index contributed by atoms with van der Waals surface area (Å²) < 4.78 is 14.2. The van der Waals surface area contributed by atoms with E-state index in [0.717, 1.165) is 37.1 Å². The fourth-order valence-electron chi connectivity index (χ4n) is 3.41. The molecule has 2 atom stereocenters. The van der Waals surface area contributed by atoms with Crippen LogP contribution in [-0.4, -0.2) is 13.1 Å². The summed E-state index contributed by atoms with van der Waals surface area (Å²) in [4.78, 5) is 0. The lowest BCUT2D eigenvalue weighted by Gasteiger charge is -2.33. The largest absolute Gasteiger partial charge is 0.316 e. The fraction of sp³-hybridized carbons (Fsp3) is 0.368. The third-order valence-corrected chi connectivity index (χ3v) is 4.50. The average molecular weight is 283 g/mol. The van der Waals surface area contributed by atoms with Gasteiger partial charge in [0.1, 0.15) is 5.82 Å². The Morgan fingerprint density at radius 1 is 1.14 bits per heavy atom. The minimum atomic E-state index is -0.0504. The van der Waals surface area contributed by atoms with Gasteiger partial charge in [-0.1, -0.05) is 48.0 Å². The molecule has 0 bridgehead atoms. The molecule has 21 heavy (non-hydrogen) atoms. The molecule has 0 aromatic heterocycles. The van der Waals surface area contributed by atoms with E-state index in [-0.39, 0.29) is 5.82 Å². The average Bonchev–Trinajstić information content (AvgIpc) is 2.51. The molecule has 1 aliphatic rings. The van der Waals surface area contributed by atoms with E-state index in [1.807, 2.05) is 25.1 Å². The van der Waals surface area contributed by atoms with Crippen molar-refractivity contribution in [2.75, 3.05) is 13.1 Å². The highest BCUT2D eigenvalue weighted by molar-refractivity contribution is 5.29. The highest BCUT2D eigenvalue weighted by Crippen LogP contribution is 2.34. The van der Waals surface area contributed by atoms with Gasteiger partial charge in [-0.3, -0.25) is 0 Å². The van der Waals surface area contributed by atoms with Gasteiger partial charge in [-0.15, -0.1) is 0 Å². The lowest BCUT2D eigenvalue weighted by Crippen LogP contribution is -2.36. The number of hydrogen-bond acceptors (Lipinski definition) is 1. The van der Waals surface area contributed by atoms with Gasteiger partial charge in [0.2, 0.25) is 0 Å². The first kappa shape index (κ1) is 14.3. The van der Waals surface area contributed by atoms with E-state index >= 15 is 0 Å². The van der Waals surface area contributed by atoms with Crippen molar-refractivity contribution in [1.29, 1.82) is 0 Å². The molecule has 1 heterocycles. The van der Waals surface area contributed by atoms with Gasteiger partial charge in [0.05, 0.1) is 0 Å². The summed E-state index contributed by atoms with van der Waals surface area (Å²) in [7, 11) is 0. The minimum Gasteiger partial charge on any atom is -0.316 e. The predicted molar refractivity (Wildman–Crippen MR) is 85.0 cm³/mol. The van der Waals surface area contributed by atoms with E-state index in [1.165, 1.54) is 5.56 Å². The van der Waals surface area contributed by atoms with Gasteiger partial charge >= 0.3 is 0 Å². The third kappa shape index (κ3) is 3.33. The number of nitrogens with one attached hydrogen (secondary N) is 1. The zero-order valence-electron chi connectivity index (χ0n) is 12.5. The second-order valence-electron chi connectivity index (χ2n) is 6.07. The molecule has 110 valence electrons. The van der Waals surface area contributed by atoms with Crippen molar-refractivity contribution < 1.29 is 4.39 Å². The maximum atomic E-state index is 14.2. The van der Waals surface area contributed by atoms with E-state index in [2.05, 4.69) is 29.6 Å². The van der Waals surface area contributed by atoms with E-state index in [1.54, 1.807) is 6.07 Å². The van der Waals surface area contributed by atoms with E-state index in [4.69, 9.17) is 0 Å². The Labute approximate surface area is 126 Å². The van der Waals surface area contributed by atoms with Crippen molar-refractivity contribution in [2.45, 2.75) is 25.7 Å². The number of benzene rings is 2. The minimum absolute atomic E-state index is 0.0504. The van der Waals surface area contributed by atoms with Gasteiger partial charge in [-0.05, 0) is 61.9 Å². The zero-order valence-corrected chi connectivity index (χ0v) is 12.5. The molecule has 2 unspecified atom stereocenters. The highest BCUT2D eigenvalue weighted by atomic mass is 19.1. The van der Waals surface area contributed by atoms with Crippen LogP contribution in [0.4, 0.5) is 4.39 Å². The highest BCUT2D eigenvalue weighted by Gasteiger charge is 2.28. The normalized spacial score (nSPS) is 22.2. The lowest BCUT2D eigenvalue weighted by atomic mass is 9.77. The molecule has 0 spiro atoms. The van der Waals surface area contributed by atoms with Gasteiger partial charge in [-0.25, -0.2) is 4.39 Å². The summed E-state index contributed by atoms with van der Waals surface area (Å²) in [5.41, 5.74) is 3.38. The molecule has 1 N–H and O–H groups in total. The monoisotopic (exact) mass is 283 g/mol. The van der Waals surface area contributed by atoms with Gasteiger partial charge in [0.25, 0.3) is 0 Å². The summed E-state index contributed by atoms with van der Waals surface area (Å²) in [5.74, 6) is 0.717. The number of rotatable bonds is 3. The third-order valence-electron chi connectivity index (χ3n) is 4.50. The second kappa shape index (κ2) is 6.40. The molecular weight excluding hydrogens is 261 g/mol. The van der Waals surface area contributed by atoms with Crippen LogP contribution >= 0.6 is 0 Å². The molecule has 1 nitrogen and oxygen atoms in total. The van der Waals surface area contributed by atoms with Crippen LogP contribution in [0.2, 0.25) is 0 Å². The number of aryl methyl sites for hydroxylation is 1. The van der Waals surface area contributed by atoms with Crippen LogP contribution in [0, 0.1) is 18.7 Å². The Kier molecular flexibility index (Phi) is 4.35. The number of halogens is 1. The lowest BCUT2D eigenvalue weighted by molar-refractivity contribution is 0.317. The van der Waals surface area contributed by atoms with Crippen molar-refractivity contribution >= 4 is 0 Å². The Morgan fingerprint density at radius 2 is 1.95 bits per heavy atom. The fourth-order valence-corrected chi connectivity index (χ4v) is 3.41. The van der Waals surface area contributed by atoms with Crippen molar-refractivity contribution in [2.24, 2.45) is 5.92 Å². The Hall–Kier alpha value is -1.67. The van der Waals surface area contributed by atoms with E-state index < -0.39 is 0 Å². The van der Waals surface area contributed by atoms with Crippen LogP contribution in [-0.2, 0) is 6.42 Å². The SMILES string of the molecule is Cc1ccc(F)c(C2CCNCC2Cc2ccccc2)c1. The van der Waals surface area contributed by atoms with Crippen LogP contribution < -0.4 is 5.32 Å². The molecule has 2 aromatic carbocycles. The van der Waals surface area contributed by atoms with Crippen LogP contribution in [0.1, 0.15) is 29.0 Å². The molecule has 0 amide bonds. The first-order valence-electron chi connectivity index (χ1n) is 7.75. The molecule has 0 saturated carbocycles. The van der Waals surface area contributed by atoms with Crippen molar-refractivity contribution in [3.05, 3.63) is 71.0 Å². The molecule has 1 fully saturated rings. The summed E-state index contributed by atoms with van der Waals surface area (Å²) >= 11 is 0. The van der Waals surface area contributed by atoms with Gasteiger partial charge in [0, 0.05) is 0 Å². The van der Waals surface area contributed by atoms with Crippen LogP contribution in [0.25, 0.3) is 0 Å². The first-order valence-corrected chi connectivity index (χ1v) is 7.75. The topological polar surface area (TPSA) is 12.0 Å². The summed E-state index contributed by atoms with van der Waals surface area (Å²) in [6, 6.07) is 16.0. The Balaban J connectivity index is 1.86. The second-order valence-corrected chi connectivity index (χ2v) is 6.07. The van der Waals surface area contributed by atoms with Crippen LogP contribution in [0.15, 0.2) is 48.5 Å². The molecule has 2 heteroatoms. The predicted octanol–water partition coefficient (Wildman–Crippen LogP) is 4.07. The molecular formula is C19H22FN. The van der Waals surface area contributed by atoms with Crippen molar-refractivity contribution in [3.63, 3.8) is 0 Å². The van der Waals surface area contributed by atoms with Crippen molar-refractivity contribution in [3.8, 4) is 0 Å². The molecule has 1 aliphatic heterocycles. The molecule has 1 saturated heterocycles. The Morgan fingerprint density at radius 3 is 2.76 bits per heavy atom. The standard InChI is InChI=1S/C19H22FN/c1-14-7-8-19(20)18(11-14)17-9-10-21-13-16(17)12-15-5-3-2-4-6-15/h2-8,11,16-17,21H,9-10,12-13H2,1H3. The number of piperidine rings is 1. The quantitative estimate of drug-likeness (QED) is 0.895. The molecule has 0 radical (unpaired) electrons. The molecule has 0 aliphatic carbocycles. The molecule has 3 rings (SSSR count). The summed E-state index contributed by atoms with van der Waals surface area (Å²) in [5, 5.41) is 3.47. The van der Waals surface area contributed by atoms with Gasteiger partial charge in [0.15, 0.2) is 0 Å². The summed E-state index contributed by atoms with van der Waals surface area (Å²) in [6.07, 6.45) is 2.02. The number of hydrogen-bond donors (Lipinski definition) is 1. The van der Waals surface area contributed by atoms with Crippen molar-refractivity contribution in [1.82, 2.24) is 5.32 Å². The van der Waals surface area contributed by atoms with Gasteiger partial charge < -0.3 is 5.32 Å². The van der Waals surface area contributed by atoms with Gasteiger partial charge in [-0.2, -0.15) is 0 Å². The van der Waals surface area contributed by atoms with Crippen LogP contribution in [0.5, 0.6) is 0 Å². The maximum absolute atomic E-state index is 14.2. The maximum Gasteiger partial charge on any atom is 0.126 e. The Bertz CT molecular complexity index is 594.